The van der Waals surface area contributed by atoms with E-state index in [1.807, 2.05) is 19.0 Å². The maximum atomic E-state index is 13.0. The molecule has 2 amide bonds. The van der Waals surface area contributed by atoms with E-state index in [1.165, 1.54) is 12.3 Å². The van der Waals surface area contributed by atoms with Crippen molar-refractivity contribution in [1.82, 2.24) is 19.7 Å². The average Bonchev–Trinajstić information content (AvgIpc) is 2.46. The molecule has 0 unspecified atom stereocenters. The quantitative estimate of drug-likeness (QED) is 0.740. The Labute approximate surface area is 123 Å². The standard InChI is InChI=1S/C14H19FN4O2/c1-17(2)10-13(20)18-5-7-19(8-6-18)14(21)11-3-4-16-12(15)9-11/h3-4,9H,5-8,10H2,1-2H3. The fourth-order valence-corrected chi connectivity index (χ4v) is 2.25. The summed E-state index contributed by atoms with van der Waals surface area (Å²) in [4.78, 5) is 32.8. The van der Waals surface area contributed by atoms with Crippen LogP contribution in [0.5, 0.6) is 0 Å². The first-order chi connectivity index (χ1) is 9.97. The van der Waals surface area contributed by atoms with Gasteiger partial charge in [-0.05, 0) is 20.2 Å². The molecule has 1 aliphatic heterocycles. The third-order valence-electron chi connectivity index (χ3n) is 3.34. The maximum Gasteiger partial charge on any atom is 0.254 e. The van der Waals surface area contributed by atoms with Gasteiger partial charge in [-0.25, -0.2) is 4.98 Å². The first kappa shape index (κ1) is 15.4. The molecule has 1 saturated heterocycles. The van der Waals surface area contributed by atoms with E-state index in [-0.39, 0.29) is 17.4 Å². The summed E-state index contributed by atoms with van der Waals surface area (Å²) < 4.78 is 13.0. The maximum absolute atomic E-state index is 13.0. The van der Waals surface area contributed by atoms with Crippen LogP contribution in [0.3, 0.4) is 0 Å². The van der Waals surface area contributed by atoms with Crippen LogP contribution in [-0.2, 0) is 4.79 Å². The van der Waals surface area contributed by atoms with Gasteiger partial charge in [0, 0.05) is 44.0 Å². The molecule has 1 aromatic heterocycles. The molecular weight excluding hydrogens is 275 g/mol. The lowest BCUT2D eigenvalue weighted by atomic mass is 10.2. The molecule has 0 radical (unpaired) electrons. The highest BCUT2D eigenvalue weighted by atomic mass is 19.1. The van der Waals surface area contributed by atoms with Crippen molar-refractivity contribution in [3.05, 3.63) is 29.8 Å². The van der Waals surface area contributed by atoms with Crippen molar-refractivity contribution in [2.24, 2.45) is 0 Å². The molecule has 114 valence electrons. The molecule has 0 aliphatic carbocycles. The van der Waals surface area contributed by atoms with Gasteiger partial charge in [0.1, 0.15) is 0 Å². The highest BCUT2D eigenvalue weighted by Crippen LogP contribution is 2.09. The van der Waals surface area contributed by atoms with Crippen LogP contribution in [0.4, 0.5) is 4.39 Å². The highest BCUT2D eigenvalue weighted by Gasteiger charge is 2.25. The summed E-state index contributed by atoms with van der Waals surface area (Å²) in [7, 11) is 3.69. The molecule has 2 heterocycles. The summed E-state index contributed by atoms with van der Waals surface area (Å²) in [6, 6.07) is 2.63. The van der Waals surface area contributed by atoms with E-state index in [0.29, 0.717) is 32.7 Å². The SMILES string of the molecule is CN(C)CC(=O)N1CCN(C(=O)c2ccnc(F)c2)CC1. The zero-order valence-corrected chi connectivity index (χ0v) is 12.3. The zero-order chi connectivity index (χ0) is 15.4. The van der Waals surface area contributed by atoms with E-state index in [0.717, 1.165) is 6.07 Å². The van der Waals surface area contributed by atoms with E-state index in [2.05, 4.69) is 4.98 Å². The molecule has 7 heteroatoms. The van der Waals surface area contributed by atoms with Gasteiger partial charge in [-0.1, -0.05) is 0 Å². The Morgan fingerprint density at radius 2 is 1.86 bits per heavy atom. The van der Waals surface area contributed by atoms with Gasteiger partial charge in [0.2, 0.25) is 11.9 Å². The number of rotatable bonds is 3. The van der Waals surface area contributed by atoms with Gasteiger partial charge in [0.25, 0.3) is 5.91 Å². The van der Waals surface area contributed by atoms with Crippen LogP contribution in [-0.4, -0.2) is 78.3 Å². The number of carbonyl (C=O) groups is 2. The van der Waals surface area contributed by atoms with E-state index >= 15 is 0 Å². The summed E-state index contributed by atoms with van der Waals surface area (Å²) >= 11 is 0. The van der Waals surface area contributed by atoms with Crippen LogP contribution in [0.15, 0.2) is 18.3 Å². The lowest BCUT2D eigenvalue weighted by Gasteiger charge is -2.35. The minimum atomic E-state index is -0.666. The number of halogens is 1. The van der Waals surface area contributed by atoms with Crippen LogP contribution in [0, 0.1) is 5.95 Å². The molecule has 0 bridgehead atoms. The molecule has 21 heavy (non-hydrogen) atoms. The zero-order valence-electron chi connectivity index (χ0n) is 12.3. The van der Waals surface area contributed by atoms with Gasteiger partial charge in [-0.2, -0.15) is 4.39 Å². The molecule has 2 rings (SSSR count). The van der Waals surface area contributed by atoms with E-state index < -0.39 is 5.95 Å². The Kier molecular flexibility index (Phi) is 4.85. The smallest absolute Gasteiger partial charge is 0.254 e. The average molecular weight is 294 g/mol. The second-order valence-corrected chi connectivity index (χ2v) is 5.28. The third-order valence-corrected chi connectivity index (χ3v) is 3.34. The number of pyridine rings is 1. The number of nitrogens with zero attached hydrogens (tertiary/aromatic N) is 4. The van der Waals surface area contributed by atoms with Crippen LogP contribution in [0.1, 0.15) is 10.4 Å². The van der Waals surface area contributed by atoms with Crippen LogP contribution in [0.25, 0.3) is 0 Å². The van der Waals surface area contributed by atoms with Crippen molar-refractivity contribution in [2.75, 3.05) is 46.8 Å². The fraction of sp³-hybridized carbons (Fsp3) is 0.500. The highest BCUT2D eigenvalue weighted by molar-refractivity contribution is 5.94. The number of hydrogen-bond acceptors (Lipinski definition) is 4. The summed E-state index contributed by atoms with van der Waals surface area (Å²) in [6.45, 7) is 2.30. The fourth-order valence-electron chi connectivity index (χ4n) is 2.25. The summed E-state index contributed by atoms with van der Waals surface area (Å²) in [5.41, 5.74) is 0.288. The number of carbonyl (C=O) groups excluding carboxylic acids is 2. The van der Waals surface area contributed by atoms with Crippen molar-refractivity contribution < 1.29 is 14.0 Å². The Morgan fingerprint density at radius 1 is 1.24 bits per heavy atom. The Hall–Kier alpha value is -2.02. The first-order valence-electron chi connectivity index (χ1n) is 6.80. The molecule has 0 saturated carbocycles. The van der Waals surface area contributed by atoms with Crippen LogP contribution in [0.2, 0.25) is 0 Å². The molecule has 0 spiro atoms. The molecule has 1 aliphatic rings. The van der Waals surface area contributed by atoms with Crippen molar-refractivity contribution >= 4 is 11.8 Å². The first-order valence-corrected chi connectivity index (χ1v) is 6.80. The Morgan fingerprint density at radius 3 is 2.43 bits per heavy atom. The second-order valence-electron chi connectivity index (χ2n) is 5.28. The van der Waals surface area contributed by atoms with Gasteiger partial charge in [-0.3, -0.25) is 9.59 Å². The molecule has 1 fully saturated rings. The summed E-state index contributed by atoms with van der Waals surface area (Å²) in [5.74, 6) is -0.835. The number of piperazine rings is 1. The number of aromatic nitrogens is 1. The number of hydrogen-bond donors (Lipinski definition) is 0. The normalized spacial score (nSPS) is 15.4. The lowest BCUT2D eigenvalue weighted by molar-refractivity contribution is -0.133. The van der Waals surface area contributed by atoms with Gasteiger partial charge in [0.05, 0.1) is 6.54 Å². The lowest BCUT2D eigenvalue weighted by Crippen LogP contribution is -2.52. The van der Waals surface area contributed by atoms with E-state index in [1.54, 1.807) is 9.80 Å². The number of amides is 2. The number of likely N-dealkylation sites (N-methyl/N-ethyl adjacent to an activating group) is 1. The van der Waals surface area contributed by atoms with E-state index in [4.69, 9.17) is 0 Å². The molecule has 0 N–H and O–H groups in total. The topological polar surface area (TPSA) is 56.8 Å². The van der Waals surface area contributed by atoms with Crippen LogP contribution < -0.4 is 0 Å². The second kappa shape index (κ2) is 6.62. The third kappa shape index (κ3) is 3.98. The summed E-state index contributed by atoms with van der Waals surface area (Å²) in [6.07, 6.45) is 1.28. The molecule has 0 atom stereocenters. The molecule has 1 aromatic rings. The van der Waals surface area contributed by atoms with E-state index in [9.17, 15) is 14.0 Å². The molecular formula is C14H19FN4O2. The van der Waals surface area contributed by atoms with Gasteiger partial charge in [-0.15, -0.1) is 0 Å². The van der Waals surface area contributed by atoms with Crippen molar-refractivity contribution in [3.8, 4) is 0 Å². The predicted octanol–water partition coefficient (Wildman–Crippen LogP) is 0.0667. The van der Waals surface area contributed by atoms with Crippen molar-refractivity contribution in [3.63, 3.8) is 0 Å². The van der Waals surface area contributed by atoms with Gasteiger partial charge in [0.15, 0.2) is 0 Å². The van der Waals surface area contributed by atoms with Gasteiger partial charge < -0.3 is 14.7 Å². The van der Waals surface area contributed by atoms with Crippen molar-refractivity contribution in [2.45, 2.75) is 0 Å². The largest absolute Gasteiger partial charge is 0.338 e. The minimum absolute atomic E-state index is 0.0575. The predicted molar refractivity (Wildman–Crippen MR) is 75.2 cm³/mol. The van der Waals surface area contributed by atoms with Crippen LogP contribution >= 0.6 is 0 Å². The molecule has 0 aromatic carbocycles. The Bertz CT molecular complexity index is 527. The van der Waals surface area contributed by atoms with Crippen molar-refractivity contribution in [1.29, 1.82) is 0 Å². The monoisotopic (exact) mass is 294 g/mol. The summed E-state index contributed by atoms with van der Waals surface area (Å²) in [5, 5.41) is 0. The minimum Gasteiger partial charge on any atom is -0.338 e. The molecule has 6 nitrogen and oxygen atoms in total. The van der Waals surface area contributed by atoms with Gasteiger partial charge >= 0.3 is 0 Å². The Balaban J connectivity index is 1.92.